The summed E-state index contributed by atoms with van der Waals surface area (Å²) < 4.78 is 2.05. The molecule has 0 radical (unpaired) electrons. The standard InChI is InChI=1S/C17H18BN3O3/c1-2-16-20-14-8-5-12(17(19)22)9-15(14)21(16)10-11-3-6-13(7-4-11)18(23)24/h3-9,23-24H,2,10H2,1H3,(H2,19,22). The van der Waals surface area contributed by atoms with Gasteiger partial charge in [-0.05, 0) is 29.2 Å². The second kappa shape index (κ2) is 6.47. The van der Waals surface area contributed by atoms with Crippen molar-refractivity contribution < 1.29 is 14.8 Å². The molecule has 1 amide bonds. The van der Waals surface area contributed by atoms with Crippen molar-refractivity contribution >= 4 is 29.5 Å². The first-order chi connectivity index (χ1) is 11.5. The molecule has 0 spiro atoms. The van der Waals surface area contributed by atoms with E-state index in [-0.39, 0.29) is 0 Å². The Hall–Kier alpha value is -2.64. The highest BCUT2D eigenvalue weighted by atomic mass is 16.4. The largest absolute Gasteiger partial charge is 0.488 e. The minimum Gasteiger partial charge on any atom is -0.423 e. The van der Waals surface area contributed by atoms with E-state index >= 15 is 0 Å². The van der Waals surface area contributed by atoms with Crippen LogP contribution in [0.25, 0.3) is 11.0 Å². The van der Waals surface area contributed by atoms with Crippen LogP contribution in [0.15, 0.2) is 42.5 Å². The fourth-order valence-electron chi connectivity index (χ4n) is 2.75. The van der Waals surface area contributed by atoms with Gasteiger partial charge in [0.2, 0.25) is 5.91 Å². The van der Waals surface area contributed by atoms with Gasteiger partial charge in [-0.2, -0.15) is 0 Å². The Kier molecular flexibility index (Phi) is 4.37. The number of aryl methyl sites for hydroxylation is 1. The van der Waals surface area contributed by atoms with Gasteiger partial charge in [0, 0.05) is 18.5 Å². The number of carbonyl (C=O) groups excluding carboxylic acids is 1. The molecule has 0 atom stereocenters. The van der Waals surface area contributed by atoms with Gasteiger partial charge in [0.25, 0.3) is 0 Å². The number of primary amides is 1. The summed E-state index contributed by atoms with van der Waals surface area (Å²) in [5.74, 6) is 0.446. The lowest BCUT2D eigenvalue weighted by atomic mass is 9.80. The Morgan fingerprint density at radius 2 is 1.92 bits per heavy atom. The number of aromatic nitrogens is 2. The summed E-state index contributed by atoms with van der Waals surface area (Å²) in [5.41, 5.74) is 8.94. The van der Waals surface area contributed by atoms with Crippen molar-refractivity contribution in [2.75, 3.05) is 0 Å². The van der Waals surface area contributed by atoms with Crippen molar-refractivity contribution in [3.8, 4) is 0 Å². The van der Waals surface area contributed by atoms with E-state index < -0.39 is 13.0 Å². The highest BCUT2D eigenvalue weighted by molar-refractivity contribution is 6.58. The summed E-state index contributed by atoms with van der Waals surface area (Å²) in [7, 11) is -1.47. The van der Waals surface area contributed by atoms with Crippen LogP contribution >= 0.6 is 0 Å². The predicted octanol–water partition coefficient (Wildman–Crippen LogP) is 0.426. The zero-order valence-electron chi connectivity index (χ0n) is 13.3. The Labute approximate surface area is 139 Å². The lowest BCUT2D eigenvalue weighted by molar-refractivity contribution is 0.100. The predicted molar refractivity (Wildman–Crippen MR) is 93.0 cm³/mol. The second-order valence-corrected chi connectivity index (χ2v) is 5.65. The molecule has 1 aromatic heterocycles. The summed E-state index contributed by atoms with van der Waals surface area (Å²) in [6.07, 6.45) is 0.758. The average Bonchev–Trinajstić information content (AvgIpc) is 2.92. The molecule has 0 aliphatic heterocycles. The van der Waals surface area contributed by atoms with Crippen LogP contribution in [0, 0.1) is 0 Å². The van der Waals surface area contributed by atoms with Crippen LogP contribution < -0.4 is 11.2 Å². The Morgan fingerprint density at radius 1 is 1.21 bits per heavy atom. The molecule has 6 nitrogen and oxygen atoms in total. The molecule has 0 fully saturated rings. The first-order valence-corrected chi connectivity index (χ1v) is 7.73. The highest BCUT2D eigenvalue weighted by Crippen LogP contribution is 2.20. The molecule has 24 heavy (non-hydrogen) atoms. The van der Waals surface area contributed by atoms with Crippen molar-refractivity contribution in [1.82, 2.24) is 9.55 Å². The molecule has 0 unspecified atom stereocenters. The van der Waals surface area contributed by atoms with Gasteiger partial charge in [0.05, 0.1) is 11.0 Å². The van der Waals surface area contributed by atoms with Crippen LogP contribution in [0.3, 0.4) is 0 Å². The number of carbonyl (C=O) groups is 1. The molecular weight excluding hydrogens is 305 g/mol. The molecule has 3 rings (SSSR count). The number of nitrogens with zero attached hydrogens (tertiary/aromatic N) is 2. The molecule has 4 N–H and O–H groups in total. The van der Waals surface area contributed by atoms with Crippen molar-refractivity contribution in [3.63, 3.8) is 0 Å². The summed E-state index contributed by atoms with van der Waals surface area (Å²) >= 11 is 0. The normalized spacial score (nSPS) is 11.0. The molecule has 0 aliphatic rings. The van der Waals surface area contributed by atoms with E-state index in [1.807, 2.05) is 23.6 Å². The van der Waals surface area contributed by atoms with Gasteiger partial charge in [0.1, 0.15) is 5.82 Å². The Bertz CT molecular complexity index is 888. The number of rotatable bonds is 5. The van der Waals surface area contributed by atoms with E-state index in [9.17, 15) is 14.8 Å². The fraction of sp³-hybridized carbons (Fsp3) is 0.176. The lowest BCUT2D eigenvalue weighted by Crippen LogP contribution is -2.29. The van der Waals surface area contributed by atoms with Gasteiger partial charge in [-0.3, -0.25) is 4.79 Å². The third-order valence-corrected chi connectivity index (χ3v) is 4.05. The summed E-state index contributed by atoms with van der Waals surface area (Å²) in [4.78, 5) is 16.0. The monoisotopic (exact) mass is 323 g/mol. The smallest absolute Gasteiger partial charge is 0.423 e. The van der Waals surface area contributed by atoms with E-state index in [0.717, 1.165) is 28.8 Å². The second-order valence-electron chi connectivity index (χ2n) is 5.65. The average molecular weight is 323 g/mol. The van der Waals surface area contributed by atoms with E-state index in [2.05, 4.69) is 4.98 Å². The molecule has 122 valence electrons. The molecule has 2 aromatic carbocycles. The van der Waals surface area contributed by atoms with Gasteiger partial charge in [0.15, 0.2) is 0 Å². The SMILES string of the molecule is CCc1nc2ccc(C(N)=O)cc2n1Cc1ccc(B(O)O)cc1. The van der Waals surface area contributed by atoms with Crippen molar-refractivity contribution in [1.29, 1.82) is 0 Å². The number of amides is 1. The van der Waals surface area contributed by atoms with Gasteiger partial charge in [-0.25, -0.2) is 4.98 Å². The maximum absolute atomic E-state index is 11.4. The van der Waals surface area contributed by atoms with Gasteiger partial charge >= 0.3 is 7.12 Å². The third kappa shape index (κ3) is 3.04. The molecule has 0 aliphatic carbocycles. The lowest BCUT2D eigenvalue weighted by Gasteiger charge is -2.09. The van der Waals surface area contributed by atoms with Crippen LogP contribution in [0.5, 0.6) is 0 Å². The topological polar surface area (TPSA) is 101 Å². The number of hydrogen-bond donors (Lipinski definition) is 3. The third-order valence-electron chi connectivity index (χ3n) is 4.05. The van der Waals surface area contributed by atoms with Crippen LogP contribution in [-0.4, -0.2) is 32.6 Å². The van der Waals surface area contributed by atoms with Gasteiger partial charge in [-0.1, -0.05) is 31.2 Å². The quantitative estimate of drug-likeness (QED) is 0.593. The van der Waals surface area contributed by atoms with Gasteiger partial charge in [-0.15, -0.1) is 0 Å². The van der Waals surface area contributed by atoms with E-state index in [1.54, 1.807) is 30.3 Å². The van der Waals surface area contributed by atoms with Crippen LogP contribution in [0.2, 0.25) is 0 Å². The zero-order chi connectivity index (χ0) is 17.3. The molecule has 3 aromatic rings. The van der Waals surface area contributed by atoms with Crippen molar-refractivity contribution in [3.05, 3.63) is 59.4 Å². The van der Waals surface area contributed by atoms with E-state index in [0.29, 0.717) is 17.6 Å². The Balaban J connectivity index is 2.03. The van der Waals surface area contributed by atoms with Crippen LogP contribution in [-0.2, 0) is 13.0 Å². The maximum Gasteiger partial charge on any atom is 0.488 e. The fourth-order valence-corrected chi connectivity index (χ4v) is 2.75. The molecular formula is C17H18BN3O3. The minimum absolute atomic E-state index is 0.445. The van der Waals surface area contributed by atoms with Crippen LogP contribution in [0.4, 0.5) is 0 Å². The first-order valence-electron chi connectivity index (χ1n) is 7.73. The maximum atomic E-state index is 11.4. The number of imidazole rings is 1. The number of benzene rings is 2. The zero-order valence-corrected chi connectivity index (χ0v) is 13.3. The van der Waals surface area contributed by atoms with Crippen molar-refractivity contribution in [2.24, 2.45) is 5.73 Å². The van der Waals surface area contributed by atoms with E-state index in [1.165, 1.54) is 0 Å². The molecule has 0 saturated carbocycles. The number of hydrogen-bond acceptors (Lipinski definition) is 4. The Morgan fingerprint density at radius 3 is 2.50 bits per heavy atom. The molecule has 0 saturated heterocycles. The summed E-state index contributed by atoms with van der Waals surface area (Å²) in [6, 6.07) is 12.3. The van der Waals surface area contributed by atoms with Gasteiger partial charge < -0.3 is 20.3 Å². The molecule has 0 bridgehead atoms. The number of nitrogens with two attached hydrogens (primary N) is 1. The van der Waals surface area contributed by atoms with Crippen molar-refractivity contribution in [2.45, 2.75) is 19.9 Å². The molecule has 7 heteroatoms. The highest BCUT2D eigenvalue weighted by Gasteiger charge is 2.13. The van der Waals surface area contributed by atoms with E-state index in [4.69, 9.17) is 5.73 Å². The first kappa shape index (κ1) is 16.2. The molecule has 1 heterocycles. The minimum atomic E-state index is -1.47. The summed E-state index contributed by atoms with van der Waals surface area (Å²) in [5, 5.41) is 18.3. The number of fused-ring (bicyclic) bond motifs is 1. The summed E-state index contributed by atoms with van der Waals surface area (Å²) in [6.45, 7) is 2.60. The van der Waals surface area contributed by atoms with Crippen LogP contribution in [0.1, 0.15) is 28.7 Å².